The minimum atomic E-state index is 0.277. The summed E-state index contributed by atoms with van der Waals surface area (Å²) in [5.74, 6) is 0.855. The van der Waals surface area contributed by atoms with Crippen molar-refractivity contribution in [2.24, 2.45) is 0 Å². The lowest BCUT2D eigenvalue weighted by molar-refractivity contribution is 0.0585. The van der Waals surface area contributed by atoms with Gasteiger partial charge in [-0.15, -0.1) is 0 Å². The molecule has 1 aliphatic rings. The Balaban J connectivity index is 1.83. The summed E-state index contributed by atoms with van der Waals surface area (Å²) in [7, 11) is 0. The van der Waals surface area contributed by atoms with E-state index in [0.29, 0.717) is 0 Å². The van der Waals surface area contributed by atoms with Crippen LogP contribution in [0, 0.1) is 0 Å². The third-order valence-corrected chi connectivity index (χ3v) is 3.77. The molecule has 2 heterocycles. The molecule has 1 N–H and O–H groups in total. The van der Waals surface area contributed by atoms with Gasteiger partial charge in [-0.3, -0.25) is 14.8 Å². The first-order valence-corrected chi connectivity index (χ1v) is 7.51. The van der Waals surface area contributed by atoms with E-state index in [1.54, 1.807) is 0 Å². The van der Waals surface area contributed by atoms with E-state index in [1.807, 2.05) is 12.4 Å². The second-order valence-electron chi connectivity index (χ2n) is 6.36. The molecule has 1 aliphatic heterocycles. The minimum Gasteiger partial charge on any atom is -0.369 e. The molecule has 0 amide bonds. The fourth-order valence-corrected chi connectivity index (χ4v) is 2.51. The maximum absolute atomic E-state index is 4.48. The van der Waals surface area contributed by atoms with E-state index < -0.39 is 0 Å². The molecule has 5 heteroatoms. The van der Waals surface area contributed by atoms with E-state index in [4.69, 9.17) is 0 Å². The third-order valence-electron chi connectivity index (χ3n) is 3.77. The summed E-state index contributed by atoms with van der Waals surface area (Å²) < 4.78 is 0. The van der Waals surface area contributed by atoms with Crippen molar-refractivity contribution in [3.8, 4) is 0 Å². The Morgan fingerprint density at radius 2 is 1.80 bits per heavy atom. The summed E-state index contributed by atoms with van der Waals surface area (Å²) in [5.41, 5.74) is 1.33. The Morgan fingerprint density at radius 3 is 2.30 bits per heavy atom. The van der Waals surface area contributed by atoms with E-state index in [-0.39, 0.29) is 5.54 Å². The molecule has 0 spiro atoms. The average Bonchev–Trinajstić information content (AvgIpc) is 2.41. The molecule has 0 aliphatic carbocycles. The van der Waals surface area contributed by atoms with E-state index in [2.05, 4.69) is 52.8 Å². The molecule has 5 nitrogen and oxygen atoms in total. The highest BCUT2D eigenvalue weighted by atomic mass is 15.3. The molecule has 1 aromatic heterocycles. The minimum absolute atomic E-state index is 0.277. The summed E-state index contributed by atoms with van der Waals surface area (Å²) in [6, 6.07) is 0. The fraction of sp³-hybridized carbons (Fsp3) is 0.733. The monoisotopic (exact) mass is 277 g/mol. The lowest BCUT2D eigenvalue weighted by atomic mass is 10.0. The normalized spacial score (nSPS) is 18.2. The largest absolute Gasteiger partial charge is 0.369 e. The second-order valence-corrected chi connectivity index (χ2v) is 6.36. The Bertz CT molecular complexity index is 401. The highest BCUT2D eigenvalue weighted by Crippen LogP contribution is 2.16. The first kappa shape index (κ1) is 15.2. The van der Waals surface area contributed by atoms with Gasteiger partial charge in [0.25, 0.3) is 0 Å². The van der Waals surface area contributed by atoms with Crippen LogP contribution in [0.2, 0.25) is 0 Å². The summed E-state index contributed by atoms with van der Waals surface area (Å²) >= 11 is 0. The summed E-state index contributed by atoms with van der Waals surface area (Å²) in [4.78, 5) is 13.9. The van der Waals surface area contributed by atoms with Gasteiger partial charge < -0.3 is 5.32 Å². The number of aromatic nitrogens is 2. The van der Waals surface area contributed by atoms with Crippen LogP contribution in [-0.4, -0.2) is 58.0 Å². The van der Waals surface area contributed by atoms with E-state index >= 15 is 0 Å². The number of piperazine rings is 1. The summed E-state index contributed by atoms with van der Waals surface area (Å²) in [5, 5.41) is 3.17. The van der Waals surface area contributed by atoms with Crippen LogP contribution in [0.25, 0.3) is 0 Å². The number of rotatable bonds is 4. The van der Waals surface area contributed by atoms with Crippen LogP contribution in [0.15, 0.2) is 12.4 Å². The number of hydrogen-bond donors (Lipinski definition) is 1. The Kier molecular flexibility index (Phi) is 4.94. The summed E-state index contributed by atoms with van der Waals surface area (Å²) in [6.07, 6.45) is 3.71. The van der Waals surface area contributed by atoms with E-state index in [1.165, 1.54) is 0 Å². The standard InChI is InChI=1S/C15H27N5/c1-5-16-14-11-17-13(10-18-14)12-19-6-8-20(9-7-19)15(2,3)4/h10-11H,5-9,12H2,1-4H3,(H,16,18). The van der Waals surface area contributed by atoms with Crippen molar-refractivity contribution >= 4 is 5.82 Å². The third kappa shape index (κ3) is 4.15. The molecule has 0 saturated carbocycles. The number of anilines is 1. The number of nitrogens with zero attached hydrogens (tertiary/aromatic N) is 4. The smallest absolute Gasteiger partial charge is 0.144 e. The van der Waals surface area contributed by atoms with Gasteiger partial charge in [-0.05, 0) is 27.7 Å². The fourth-order valence-electron chi connectivity index (χ4n) is 2.51. The molecule has 112 valence electrons. The predicted molar refractivity (Wildman–Crippen MR) is 82.8 cm³/mol. The molecule has 0 radical (unpaired) electrons. The second kappa shape index (κ2) is 6.50. The van der Waals surface area contributed by atoms with Crippen LogP contribution < -0.4 is 5.32 Å². The topological polar surface area (TPSA) is 44.3 Å². The molecule has 0 atom stereocenters. The summed E-state index contributed by atoms with van der Waals surface area (Å²) in [6.45, 7) is 15.2. The van der Waals surface area contributed by atoms with Crippen molar-refractivity contribution < 1.29 is 0 Å². The molecule has 0 unspecified atom stereocenters. The molecule has 2 rings (SSSR count). The van der Waals surface area contributed by atoms with Crippen LogP contribution in [0.4, 0.5) is 5.82 Å². The first-order chi connectivity index (χ1) is 9.49. The van der Waals surface area contributed by atoms with Gasteiger partial charge in [-0.25, -0.2) is 4.98 Å². The molecule has 1 fully saturated rings. The number of nitrogens with one attached hydrogen (secondary N) is 1. The molecule has 0 bridgehead atoms. The molecular formula is C15H27N5. The lowest BCUT2D eigenvalue weighted by Crippen LogP contribution is -2.53. The van der Waals surface area contributed by atoms with E-state index in [9.17, 15) is 0 Å². The van der Waals surface area contributed by atoms with Crippen LogP contribution in [-0.2, 0) is 6.54 Å². The zero-order chi connectivity index (χ0) is 14.6. The SMILES string of the molecule is CCNc1cnc(CN2CCN(C(C)(C)C)CC2)cn1. The molecular weight excluding hydrogens is 250 g/mol. The van der Waals surface area contributed by atoms with Crippen LogP contribution in [0.1, 0.15) is 33.4 Å². The molecule has 1 aromatic rings. The van der Waals surface area contributed by atoms with Crippen molar-refractivity contribution in [2.45, 2.75) is 39.8 Å². The van der Waals surface area contributed by atoms with Crippen molar-refractivity contribution in [3.63, 3.8) is 0 Å². The Labute approximate surface area is 122 Å². The first-order valence-electron chi connectivity index (χ1n) is 7.51. The maximum atomic E-state index is 4.48. The average molecular weight is 277 g/mol. The highest BCUT2D eigenvalue weighted by Gasteiger charge is 2.25. The predicted octanol–water partition coefficient (Wildman–Crippen LogP) is 1.82. The van der Waals surface area contributed by atoms with Crippen molar-refractivity contribution in [2.75, 3.05) is 38.0 Å². The molecule has 0 aromatic carbocycles. The van der Waals surface area contributed by atoms with Gasteiger partial charge in [-0.2, -0.15) is 0 Å². The van der Waals surface area contributed by atoms with Crippen molar-refractivity contribution in [1.29, 1.82) is 0 Å². The van der Waals surface area contributed by atoms with Gasteiger partial charge in [0.15, 0.2) is 0 Å². The van der Waals surface area contributed by atoms with Gasteiger partial charge in [0.1, 0.15) is 5.82 Å². The zero-order valence-electron chi connectivity index (χ0n) is 13.2. The van der Waals surface area contributed by atoms with Gasteiger partial charge in [-0.1, -0.05) is 0 Å². The molecule has 1 saturated heterocycles. The van der Waals surface area contributed by atoms with Crippen LogP contribution >= 0.6 is 0 Å². The van der Waals surface area contributed by atoms with Crippen LogP contribution in [0.5, 0.6) is 0 Å². The zero-order valence-corrected chi connectivity index (χ0v) is 13.2. The van der Waals surface area contributed by atoms with Gasteiger partial charge in [0.2, 0.25) is 0 Å². The maximum Gasteiger partial charge on any atom is 0.144 e. The Morgan fingerprint density at radius 1 is 1.10 bits per heavy atom. The van der Waals surface area contributed by atoms with E-state index in [0.717, 1.165) is 50.8 Å². The highest BCUT2D eigenvalue weighted by molar-refractivity contribution is 5.30. The van der Waals surface area contributed by atoms with Crippen LogP contribution in [0.3, 0.4) is 0 Å². The van der Waals surface area contributed by atoms with Crippen molar-refractivity contribution in [1.82, 2.24) is 19.8 Å². The van der Waals surface area contributed by atoms with Crippen molar-refractivity contribution in [3.05, 3.63) is 18.1 Å². The molecule has 20 heavy (non-hydrogen) atoms. The lowest BCUT2D eigenvalue weighted by Gasteiger charge is -2.42. The quantitative estimate of drug-likeness (QED) is 0.909. The Hall–Kier alpha value is -1.20. The van der Waals surface area contributed by atoms with Gasteiger partial charge >= 0.3 is 0 Å². The number of hydrogen-bond acceptors (Lipinski definition) is 5. The van der Waals surface area contributed by atoms with Gasteiger partial charge in [0.05, 0.1) is 18.1 Å². The van der Waals surface area contributed by atoms with Gasteiger partial charge in [0, 0.05) is 44.8 Å².